The molecule has 25 heavy (non-hydrogen) atoms. The van der Waals surface area contributed by atoms with E-state index in [4.69, 9.17) is 33.7 Å². The van der Waals surface area contributed by atoms with Gasteiger partial charge in [0, 0.05) is 18.7 Å². The highest BCUT2D eigenvalue weighted by Crippen LogP contribution is 2.24. The number of benzene rings is 2. The van der Waals surface area contributed by atoms with Crippen LogP contribution in [-0.2, 0) is 16.0 Å². The van der Waals surface area contributed by atoms with E-state index in [9.17, 15) is 9.59 Å². The molecule has 0 aliphatic rings. The van der Waals surface area contributed by atoms with Crippen LogP contribution in [0.15, 0.2) is 42.5 Å². The molecule has 0 aliphatic carbocycles. The first-order valence-corrected chi connectivity index (χ1v) is 8.33. The van der Waals surface area contributed by atoms with Gasteiger partial charge in [-0.1, -0.05) is 29.3 Å². The molecule has 5 nitrogen and oxygen atoms in total. The Morgan fingerprint density at radius 3 is 2.32 bits per heavy atom. The van der Waals surface area contributed by atoms with Gasteiger partial charge in [0.2, 0.25) is 11.8 Å². The number of ether oxygens (including phenoxy) is 1. The van der Waals surface area contributed by atoms with Gasteiger partial charge in [0.05, 0.1) is 23.6 Å². The van der Waals surface area contributed by atoms with Crippen LogP contribution in [0.2, 0.25) is 10.0 Å². The van der Waals surface area contributed by atoms with E-state index >= 15 is 0 Å². The first-order valence-electron chi connectivity index (χ1n) is 7.57. The lowest BCUT2D eigenvalue weighted by molar-refractivity contribution is -0.118. The predicted molar refractivity (Wildman–Crippen MR) is 99.3 cm³/mol. The molecule has 0 saturated carbocycles. The topological polar surface area (TPSA) is 72.6 Å². The summed E-state index contributed by atoms with van der Waals surface area (Å²) in [5, 5.41) is 0.818. The highest BCUT2D eigenvalue weighted by atomic mass is 35.5. The zero-order valence-corrected chi connectivity index (χ0v) is 15.2. The number of hydrogen-bond acceptors (Lipinski definition) is 3. The minimum atomic E-state index is -0.471. The number of methoxy groups -OCH3 is 1. The summed E-state index contributed by atoms with van der Waals surface area (Å²) in [5.41, 5.74) is 6.62. The number of carbonyl (C=O) groups is 2. The lowest BCUT2D eigenvalue weighted by atomic mass is 10.1. The molecule has 0 aromatic heterocycles. The zero-order valence-electron chi connectivity index (χ0n) is 13.7. The summed E-state index contributed by atoms with van der Waals surface area (Å²) >= 11 is 11.9. The third-order valence-electron chi connectivity index (χ3n) is 3.61. The summed E-state index contributed by atoms with van der Waals surface area (Å²) in [6.45, 7) is 0.196. The van der Waals surface area contributed by atoms with Crippen molar-refractivity contribution in [2.24, 2.45) is 5.73 Å². The fourth-order valence-corrected chi connectivity index (χ4v) is 2.62. The number of carbonyl (C=O) groups excluding carboxylic acids is 2. The molecular formula is C18H18Cl2N2O3. The van der Waals surface area contributed by atoms with Crippen molar-refractivity contribution in [1.29, 1.82) is 0 Å². The Morgan fingerprint density at radius 1 is 1.08 bits per heavy atom. The van der Waals surface area contributed by atoms with Gasteiger partial charge in [-0.05, 0) is 42.0 Å². The van der Waals surface area contributed by atoms with Crippen molar-refractivity contribution < 1.29 is 14.3 Å². The average molecular weight is 381 g/mol. The first-order chi connectivity index (χ1) is 11.9. The largest absolute Gasteiger partial charge is 0.497 e. The molecule has 2 rings (SSSR count). The fraction of sp³-hybridized carbons (Fsp3) is 0.222. The highest BCUT2D eigenvalue weighted by Gasteiger charge is 2.17. The summed E-state index contributed by atoms with van der Waals surface area (Å²) in [6.07, 6.45) is 0.195. The van der Waals surface area contributed by atoms with Crippen LogP contribution < -0.4 is 15.4 Å². The third kappa shape index (κ3) is 5.37. The maximum absolute atomic E-state index is 12.7. The molecule has 0 aliphatic heterocycles. The van der Waals surface area contributed by atoms with Crippen molar-refractivity contribution in [2.75, 3.05) is 18.6 Å². The molecule has 2 aromatic rings. The van der Waals surface area contributed by atoms with E-state index in [-0.39, 0.29) is 25.3 Å². The SMILES string of the molecule is COc1ccc(N(CCC(N)=O)C(=O)Cc2ccc(Cl)c(Cl)c2)cc1. The molecule has 0 bridgehead atoms. The van der Waals surface area contributed by atoms with Gasteiger partial charge in [0.1, 0.15) is 5.75 Å². The van der Waals surface area contributed by atoms with Crippen LogP contribution in [0, 0.1) is 0 Å². The molecule has 132 valence electrons. The minimum Gasteiger partial charge on any atom is -0.497 e. The van der Waals surface area contributed by atoms with E-state index in [0.29, 0.717) is 21.5 Å². The van der Waals surface area contributed by atoms with Crippen LogP contribution in [-0.4, -0.2) is 25.5 Å². The lowest BCUT2D eigenvalue weighted by Crippen LogP contribution is -2.35. The second-order valence-corrected chi connectivity index (χ2v) is 6.20. The predicted octanol–water partition coefficient (Wildman–Crippen LogP) is 3.45. The smallest absolute Gasteiger partial charge is 0.231 e. The van der Waals surface area contributed by atoms with Gasteiger partial charge in [-0.15, -0.1) is 0 Å². The summed E-state index contributed by atoms with van der Waals surface area (Å²) in [4.78, 5) is 25.4. The molecule has 0 spiro atoms. The van der Waals surface area contributed by atoms with E-state index in [1.165, 1.54) is 4.90 Å². The number of primary amides is 1. The normalized spacial score (nSPS) is 10.4. The van der Waals surface area contributed by atoms with E-state index in [1.807, 2.05) is 0 Å². The van der Waals surface area contributed by atoms with Crippen molar-refractivity contribution in [3.63, 3.8) is 0 Å². The molecule has 2 aromatic carbocycles. The Labute approximate surface area is 156 Å². The minimum absolute atomic E-state index is 0.0686. The molecular weight excluding hydrogens is 363 g/mol. The van der Waals surface area contributed by atoms with Crippen molar-refractivity contribution >= 4 is 40.7 Å². The van der Waals surface area contributed by atoms with Gasteiger partial charge in [-0.25, -0.2) is 0 Å². The monoisotopic (exact) mass is 380 g/mol. The summed E-state index contributed by atoms with van der Waals surface area (Å²) in [7, 11) is 1.56. The summed E-state index contributed by atoms with van der Waals surface area (Å²) in [6, 6.07) is 12.1. The molecule has 0 unspecified atom stereocenters. The quantitative estimate of drug-likeness (QED) is 0.799. The van der Waals surface area contributed by atoms with Crippen LogP contribution in [0.25, 0.3) is 0 Å². The first kappa shape index (κ1) is 19.1. The van der Waals surface area contributed by atoms with E-state index < -0.39 is 5.91 Å². The van der Waals surface area contributed by atoms with Gasteiger partial charge in [0.25, 0.3) is 0 Å². The van der Waals surface area contributed by atoms with Crippen molar-refractivity contribution in [3.8, 4) is 5.75 Å². The summed E-state index contributed by atoms with van der Waals surface area (Å²) in [5.74, 6) is 0.0289. The van der Waals surface area contributed by atoms with Crippen LogP contribution >= 0.6 is 23.2 Å². The Hall–Kier alpha value is -2.24. The van der Waals surface area contributed by atoms with E-state index in [2.05, 4.69) is 0 Å². The van der Waals surface area contributed by atoms with Crippen LogP contribution in [0.4, 0.5) is 5.69 Å². The number of anilines is 1. The van der Waals surface area contributed by atoms with Crippen molar-refractivity contribution in [1.82, 2.24) is 0 Å². The standard InChI is InChI=1S/C18H18Cl2N2O3/c1-25-14-5-3-13(4-6-14)22(9-8-17(21)23)18(24)11-12-2-7-15(19)16(20)10-12/h2-7,10H,8-9,11H2,1H3,(H2,21,23). The third-order valence-corrected chi connectivity index (χ3v) is 4.35. The number of halogens is 2. The maximum Gasteiger partial charge on any atom is 0.231 e. The number of nitrogens with zero attached hydrogens (tertiary/aromatic N) is 1. The van der Waals surface area contributed by atoms with Crippen LogP contribution in [0.3, 0.4) is 0 Å². The molecule has 2 N–H and O–H groups in total. The van der Waals surface area contributed by atoms with Gasteiger partial charge < -0.3 is 15.4 Å². The lowest BCUT2D eigenvalue weighted by Gasteiger charge is -2.23. The molecule has 0 saturated heterocycles. The molecule has 0 fully saturated rings. The molecule has 0 radical (unpaired) electrons. The fourth-order valence-electron chi connectivity index (χ4n) is 2.30. The van der Waals surface area contributed by atoms with E-state index in [0.717, 1.165) is 5.56 Å². The van der Waals surface area contributed by atoms with E-state index in [1.54, 1.807) is 49.6 Å². The molecule has 2 amide bonds. The van der Waals surface area contributed by atoms with Gasteiger partial charge in [0.15, 0.2) is 0 Å². The highest BCUT2D eigenvalue weighted by molar-refractivity contribution is 6.42. The van der Waals surface area contributed by atoms with Gasteiger partial charge in [-0.3, -0.25) is 9.59 Å². The maximum atomic E-state index is 12.7. The molecule has 0 heterocycles. The Morgan fingerprint density at radius 2 is 1.76 bits per heavy atom. The van der Waals surface area contributed by atoms with Crippen LogP contribution in [0.5, 0.6) is 5.75 Å². The average Bonchev–Trinajstić information content (AvgIpc) is 2.58. The Bertz CT molecular complexity index is 763. The number of amides is 2. The van der Waals surface area contributed by atoms with Crippen LogP contribution in [0.1, 0.15) is 12.0 Å². The van der Waals surface area contributed by atoms with Gasteiger partial charge in [-0.2, -0.15) is 0 Å². The molecule has 7 heteroatoms. The number of rotatable bonds is 7. The summed E-state index contributed by atoms with van der Waals surface area (Å²) < 4.78 is 5.12. The molecule has 0 atom stereocenters. The van der Waals surface area contributed by atoms with Crippen molar-refractivity contribution in [2.45, 2.75) is 12.8 Å². The number of nitrogens with two attached hydrogens (primary N) is 1. The Balaban J connectivity index is 2.21. The second kappa shape index (κ2) is 8.74. The van der Waals surface area contributed by atoms with Gasteiger partial charge >= 0.3 is 0 Å². The Kier molecular flexibility index (Phi) is 6.67. The second-order valence-electron chi connectivity index (χ2n) is 5.38. The zero-order chi connectivity index (χ0) is 18.4. The number of hydrogen-bond donors (Lipinski definition) is 1. The van der Waals surface area contributed by atoms with Crippen molar-refractivity contribution in [3.05, 3.63) is 58.1 Å².